The first-order chi connectivity index (χ1) is 14.4. The van der Waals surface area contributed by atoms with E-state index in [1.165, 1.54) is 18.2 Å². The third-order valence-corrected chi connectivity index (χ3v) is 6.28. The van der Waals surface area contributed by atoms with Gasteiger partial charge in [-0.1, -0.05) is 36.4 Å². The van der Waals surface area contributed by atoms with Crippen molar-refractivity contribution in [3.05, 3.63) is 95.3 Å². The maximum atomic E-state index is 13.8. The Morgan fingerprint density at radius 1 is 1.00 bits per heavy atom. The molecule has 3 aromatic carbocycles. The molecule has 0 saturated carbocycles. The molecule has 1 heterocycles. The highest BCUT2D eigenvalue weighted by molar-refractivity contribution is 7.91. The van der Waals surface area contributed by atoms with Crippen LogP contribution >= 0.6 is 0 Å². The van der Waals surface area contributed by atoms with Crippen molar-refractivity contribution >= 4 is 27.3 Å². The van der Waals surface area contributed by atoms with Gasteiger partial charge in [0.25, 0.3) is 5.91 Å². The molecule has 0 aliphatic carbocycles. The number of benzene rings is 3. The zero-order chi connectivity index (χ0) is 21.1. The molecule has 0 spiro atoms. The van der Waals surface area contributed by atoms with Crippen LogP contribution in [0.4, 0.5) is 15.8 Å². The van der Waals surface area contributed by atoms with Gasteiger partial charge in [-0.05, 0) is 54.8 Å². The van der Waals surface area contributed by atoms with E-state index in [9.17, 15) is 17.6 Å². The van der Waals surface area contributed by atoms with Crippen LogP contribution in [0.5, 0.6) is 0 Å². The smallest absolute Gasteiger partial charge is 0.258 e. The number of anilines is 2. The summed E-state index contributed by atoms with van der Waals surface area (Å²) in [6, 6.07) is 20.0. The molecule has 0 bridgehead atoms. The van der Waals surface area contributed by atoms with Crippen molar-refractivity contribution in [1.82, 2.24) is 0 Å². The van der Waals surface area contributed by atoms with E-state index in [1.807, 2.05) is 18.2 Å². The highest BCUT2D eigenvalue weighted by atomic mass is 32.2. The highest BCUT2D eigenvalue weighted by Gasteiger charge is 2.24. The minimum atomic E-state index is -3.78. The molecule has 154 valence electrons. The van der Waals surface area contributed by atoms with Crippen molar-refractivity contribution in [2.24, 2.45) is 0 Å². The Morgan fingerprint density at radius 3 is 2.50 bits per heavy atom. The fraction of sp³-hybridized carbons (Fsp3) is 0.174. The summed E-state index contributed by atoms with van der Waals surface area (Å²) < 4.78 is 41.3. The average Bonchev–Trinajstić information content (AvgIpc) is 2.74. The third-order valence-electron chi connectivity index (χ3n) is 5.04. The Balaban J connectivity index is 1.55. The summed E-state index contributed by atoms with van der Waals surface area (Å²) in [6.07, 6.45) is 1.54. The molecule has 5 nitrogen and oxygen atoms in total. The Kier molecular flexibility index (Phi) is 5.55. The fourth-order valence-corrected chi connectivity index (χ4v) is 4.85. The molecule has 0 aromatic heterocycles. The number of carbonyl (C=O) groups is 1. The van der Waals surface area contributed by atoms with Gasteiger partial charge < -0.3 is 4.90 Å². The number of fused-ring (bicyclic) bond motifs is 1. The van der Waals surface area contributed by atoms with Crippen molar-refractivity contribution in [1.29, 1.82) is 0 Å². The molecule has 1 aliphatic heterocycles. The Hall–Kier alpha value is -3.19. The average molecular weight is 424 g/mol. The second-order valence-electron chi connectivity index (χ2n) is 7.22. The number of nitrogens with one attached hydrogen (secondary N) is 1. The first kappa shape index (κ1) is 20.1. The molecule has 4 rings (SSSR count). The van der Waals surface area contributed by atoms with Crippen molar-refractivity contribution in [2.45, 2.75) is 18.6 Å². The SMILES string of the molecule is O=C(c1ccccc1)N1CCCc2cc(NS(=O)(=O)Cc3ccccc3F)ccc21. The summed E-state index contributed by atoms with van der Waals surface area (Å²) in [5, 5.41) is 0. The summed E-state index contributed by atoms with van der Waals surface area (Å²) in [6.45, 7) is 0.610. The molecule has 0 unspecified atom stereocenters. The first-order valence-electron chi connectivity index (χ1n) is 9.67. The van der Waals surface area contributed by atoms with Gasteiger partial charge in [-0.25, -0.2) is 12.8 Å². The number of nitrogens with zero attached hydrogens (tertiary/aromatic N) is 1. The van der Waals surface area contributed by atoms with E-state index in [0.717, 1.165) is 24.1 Å². The molecule has 3 aromatic rings. The molecule has 1 N–H and O–H groups in total. The van der Waals surface area contributed by atoms with Gasteiger partial charge in [0, 0.05) is 29.0 Å². The van der Waals surface area contributed by atoms with E-state index < -0.39 is 21.6 Å². The molecule has 1 amide bonds. The molecular weight excluding hydrogens is 403 g/mol. The quantitative estimate of drug-likeness (QED) is 0.662. The van der Waals surface area contributed by atoms with E-state index in [4.69, 9.17) is 0 Å². The van der Waals surface area contributed by atoms with Crippen LogP contribution in [-0.4, -0.2) is 20.9 Å². The minimum absolute atomic E-state index is 0.0792. The monoisotopic (exact) mass is 424 g/mol. The van der Waals surface area contributed by atoms with Crippen LogP contribution in [-0.2, 0) is 22.2 Å². The van der Waals surface area contributed by atoms with E-state index in [-0.39, 0.29) is 11.5 Å². The van der Waals surface area contributed by atoms with Gasteiger partial charge in [-0.3, -0.25) is 9.52 Å². The standard InChI is InChI=1S/C23H21FN2O3S/c24-21-11-5-4-9-19(21)16-30(28,29)25-20-12-13-22-18(15-20)10-6-14-26(22)23(27)17-7-2-1-3-8-17/h1-5,7-9,11-13,15,25H,6,10,14,16H2. The predicted molar refractivity (Wildman–Crippen MR) is 116 cm³/mol. The van der Waals surface area contributed by atoms with Gasteiger partial charge >= 0.3 is 0 Å². The normalized spacial score (nSPS) is 13.6. The molecule has 30 heavy (non-hydrogen) atoms. The topological polar surface area (TPSA) is 66.5 Å². The van der Waals surface area contributed by atoms with Gasteiger partial charge in [0.15, 0.2) is 0 Å². The van der Waals surface area contributed by atoms with Crippen LogP contribution in [0.15, 0.2) is 72.8 Å². The zero-order valence-electron chi connectivity index (χ0n) is 16.2. The van der Waals surface area contributed by atoms with Crippen LogP contribution < -0.4 is 9.62 Å². The Labute approximate surface area is 175 Å². The lowest BCUT2D eigenvalue weighted by atomic mass is 10.00. The number of hydrogen-bond donors (Lipinski definition) is 1. The van der Waals surface area contributed by atoms with Crippen molar-refractivity contribution in [3.63, 3.8) is 0 Å². The van der Waals surface area contributed by atoms with Crippen LogP contribution in [0.3, 0.4) is 0 Å². The van der Waals surface area contributed by atoms with E-state index in [0.29, 0.717) is 17.8 Å². The van der Waals surface area contributed by atoms with E-state index >= 15 is 0 Å². The maximum absolute atomic E-state index is 13.8. The largest absolute Gasteiger partial charge is 0.308 e. The van der Waals surface area contributed by atoms with Gasteiger partial charge in [0.05, 0.1) is 5.75 Å². The number of carbonyl (C=O) groups excluding carboxylic acids is 1. The molecule has 0 radical (unpaired) electrons. The van der Waals surface area contributed by atoms with Crippen LogP contribution in [0, 0.1) is 5.82 Å². The second kappa shape index (κ2) is 8.28. The summed E-state index contributed by atoms with van der Waals surface area (Å²) in [4.78, 5) is 14.6. The second-order valence-corrected chi connectivity index (χ2v) is 8.94. The van der Waals surface area contributed by atoms with E-state index in [2.05, 4.69) is 4.72 Å². The number of rotatable bonds is 5. The van der Waals surface area contributed by atoms with Gasteiger partial charge in [0.2, 0.25) is 10.0 Å². The summed E-state index contributed by atoms with van der Waals surface area (Å²) in [5.74, 6) is -1.08. The number of halogens is 1. The first-order valence-corrected chi connectivity index (χ1v) is 11.3. The van der Waals surface area contributed by atoms with Crippen molar-refractivity contribution in [2.75, 3.05) is 16.2 Å². The lowest BCUT2D eigenvalue weighted by Crippen LogP contribution is -2.35. The van der Waals surface area contributed by atoms with E-state index in [1.54, 1.807) is 41.3 Å². The molecule has 0 atom stereocenters. The van der Waals surface area contributed by atoms with Gasteiger partial charge in [-0.15, -0.1) is 0 Å². The lowest BCUT2D eigenvalue weighted by molar-refractivity contribution is 0.0985. The molecule has 1 aliphatic rings. The molecule has 7 heteroatoms. The summed E-state index contributed by atoms with van der Waals surface area (Å²) >= 11 is 0. The molecular formula is C23H21FN2O3S. The highest BCUT2D eigenvalue weighted by Crippen LogP contribution is 2.31. The van der Waals surface area contributed by atoms with Crippen LogP contribution in [0.2, 0.25) is 0 Å². The summed E-state index contributed by atoms with van der Waals surface area (Å²) in [5.41, 5.74) is 2.81. The molecule has 0 saturated heterocycles. The number of amides is 1. The predicted octanol–water partition coefficient (Wildman–Crippen LogP) is 4.36. The Bertz CT molecular complexity index is 1180. The van der Waals surface area contributed by atoms with Crippen LogP contribution in [0.25, 0.3) is 0 Å². The maximum Gasteiger partial charge on any atom is 0.258 e. The van der Waals surface area contributed by atoms with Crippen LogP contribution in [0.1, 0.15) is 27.9 Å². The van der Waals surface area contributed by atoms with Crippen molar-refractivity contribution in [3.8, 4) is 0 Å². The fourth-order valence-electron chi connectivity index (χ4n) is 3.64. The minimum Gasteiger partial charge on any atom is -0.308 e. The third kappa shape index (κ3) is 4.36. The van der Waals surface area contributed by atoms with Gasteiger partial charge in [-0.2, -0.15) is 0 Å². The zero-order valence-corrected chi connectivity index (χ0v) is 17.0. The number of sulfonamides is 1. The number of hydrogen-bond acceptors (Lipinski definition) is 3. The Morgan fingerprint density at radius 2 is 1.73 bits per heavy atom. The lowest BCUT2D eigenvalue weighted by Gasteiger charge is -2.30. The van der Waals surface area contributed by atoms with Crippen molar-refractivity contribution < 1.29 is 17.6 Å². The van der Waals surface area contributed by atoms with Gasteiger partial charge in [0.1, 0.15) is 5.82 Å². The summed E-state index contributed by atoms with van der Waals surface area (Å²) in [7, 11) is -3.78. The molecule has 0 fully saturated rings. The number of aryl methyl sites for hydroxylation is 1.